The number of aryl methyl sites for hydroxylation is 1. The molecule has 2 aliphatic heterocycles. The van der Waals surface area contributed by atoms with Crippen molar-refractivity contribution in [3.8, 4) is 0 Å². The van der Waals surface area contributed by atoms with E-state index in [1.165, 1.54) is 5.56 Å². The maximum Gasteiger partial charge on any atom is 0.410 e. The van der Waals surface area contributed by atoms with E-state index in [1.54, 1.807) is 4.90 Å². The minimum Gasteiger partial charge on any atom is -0.441 e. The molecule has 1 spiro atoms. The fraction of sp³-hybridized carbons (Fsp3) is 0.429. The van der Waals surface area contributed by atoms with Crippen molar-refractivity contribution < 1.29 is 14.3 Å². The number of likely N-dealkylation sites (tertiary alicyclic amines) is 1. The van der Waals surface area contributed by atoms with Gasteiger partial charge in [0.05, 0.1) is 6.54 Å². The molecule has 27 heavy (non-hydrogen) atoms. The summed E-state index contributed by atoms with van der Waals surface area (Å²) in [5.74, 6) is 0.0169. The Kier molecular flexibility index (Phi) is 4.64. The van der Waals surface area contributed by atoms with Crippen LogP contribution in [0.1, 0.15) is 34.5 Å². The molecular formula is C21H25N3O3. The molecule has 2 saturated heterocycles. The molecule has 6 heteroatoms. The number of carbonyl (C=O) groups is 2. The summed E-state index contributed by atoms with van der Waals surface area (Å²) < 4.78 is 5.77. The molecule has 0 atom stereocenters. The quantitative estimate of drug-likeness (QED) is 0.903. The topological polar surface area (TPSA) is 65.6 Å². The van der Waals surface area contributed by atoms with Crippen molar-refractivity contribution in [2.45, 2.75) is 31.8 Å². The third-order valence-corrected chi connectivity index (χ3v) is 5.57. The Morgan fingerprint density at radius 2 is 1.96 bits per heavy atom. The molecule has 0 radical (unpaired) electrons. The number of hydrogen-bond donors (Lipinski definition) is 1. The molecule has 3 heterocycles. The van der Waals surface area contributed by atoms with E-state index in [9.17, 15) is 9.59 Å². The molecule has 1 aromatic heterocycles. The highest BCUT2D eigenvalue weighted by Gasteiger charge is 2.47. The second-order valence-corrected chi connectivity index (χ2v) is 7.59. The van der Waals surface area contributed by atoms with Gasteiger partial charge in [-0.05, 0) is 30.5 Å². The van der Waals surface area contributed by atoms with Crippen LogP contribution < -0.4 is 0 Å². The van der Waals surface area contributed by atoms with E-state index in [4.69, 9.17) is 4.74 Å². The van der Waals surface area contributed by atoms with Crippen LogP contribution >= 0.6 is 0 Å². The van der Waals surface area contributed by atoms with Gasteiger partial charge in [0.25, 0.3) is 5.91 Å². The lowest BCUT2D eigenvalue weighted by molar-refractivity contribution is 0.00298. The van der Waals surface area contributed by atoms with Crippen molar-refractivity contribution in [1.29, 1.82) is 0 Å². The third-order valence-electron chi connectivity index (χ3n) is 5.57. The molecular weight excluding hydrogens is 342 g/mol. The molecule has 1 N–H and O–H groups in total. The number of ether oxygens (including phenoxy) is 1. The predicted octanol–water partition coefficient (Wildman–Crippen LogP) is 2.99. The SMILES string of the molecule is Cc1c[nH]c(C(=O)N2CCC3(CC2)CN(CCc2ccccc2)C(=O)O3)c1. The Morgan fingerprint density at radius 3 is 2.63 bits per heavy atom. The van der Waals surface area contributed by atoms with Crippen LogP contribution in [0.4, 0.5) is 4.79 Å². The predicted molar refractivity (Wildman–Crippen MR) is 102 cm³/mol. The summed E-state index contributed by atoms with van der Waals surface area (Å²) in [4.78, 5) is 31.6. The number of hydrogen-bond acceptors (Lipinski definition) is 3. The largest absolute Gasteiger partial charge is 0.441 e. The van der Waals surface area contributed by atoms with E-state index in [2.05, 4.69) is 17.1 Å². The van der Waals surface area contributed by atoms with Gasteiger partial charge in [0.15, 0.2) is 0 Å². The summed E-state index contributed by atoms with van der Waals surface area (Å²) in [5.41, 5.74) is 2.44. The Labute approximate surface area is 159 Å². The molecule has 0 aliphatic carbocycles. The molecule has 2 aliphatic rings. The molecule has 2 aromatic rings. The van der Waals surface area contributed by atoms with Gasteiger partial charge in [0.1, 0.15) is 11.3 Å². The second kappa shape index (κ2) is 7.10. The lowest BCUT2D eigenvalue weighted by atomic mass is 9.91. The maximum absolute atomic E-state index is 12.6. The van der Waals surface area contributed by atoms with Gasteiger partial charge in [-0.15, -0.1) is 0 Å². The average molecular weight is 367 g/mol. The van der Waals surface area contributed by atoms with Crippen molar-refractivity contribution in [3.05, 3.63) is 59.4 Å². The summed E-state index contributed by atoms with van der Waals surface area (Å²) >= 11 is 0. The Hall–Kier alpha value is -2.76. The lowest BCUT2D eigenvalue weighted by Gasteiger charge is -2.37. The summed E-state index contributed by atoms with van der Waals surface area (Å²) in [5, 5.41) is 0. The maximum atomic E-state index is 12.6. The fourth-order valence-electron chi connectivity index (χ4n) is 3.95. The number of amides is 2. The zero-order chi connectivity index (χ0) is 18.9. The Balaban J connectivity index is 1.33. The van der Waals surface area contributed by atoms with Gasteiger partial charge in [0, 0.05) is 38.7 Å². The molecule has 1 aromatic carbocycles. The Bertz CT molecular complexity index is 822. The summed E-state index contributed by atoms with van der Waals surface area (Å²) in [6.45, 7) is 4.45. The van der Waals surface area contributed by atoms with Gasteiger partial charge in [0.2, 0.25) is 0 Å². The summed E-state index contributed by atoms with van der Waals surface area (Å²) in [6, 6.07) is 12.0. The summed E-state index contributed by atoms with van der Waals surface area (Å²) in [7, 11) is 0. The minimum absolute atomic E-state index is 0.0169. The monoisotopic (exact) mass is 367 g/mol. The smallest absolute Gasteiger partial charge is 0.410 e. The second-order valence-electron chi connectivity index (χ2n) is 7.59. The van der Waals surface area contributed by atoms with Crippen molar-refractivity contribution >= 4 is 12.0 Å². The average Bonchev–Trinajstić information content (AvgIpc) is 3.24. The first-order valence-electron chi connectivity index (χ1n) is 9.51. The van der Waals surface area contributed by atoms with Gasteiger partial charge < -0.3 is 19.5 Å². The first-order valence-corrected chi connectivity index (χ1v) is 9.51. The summed E-state index contributed by atoms with van der Waals surface area (Å²) in [6.07, 6.45) is 3.80. The van der Waals surface area contributed by atoms with Crippen molar-refractivity contribution in [1.82, 2.24) is 14.8 Å². The normalized spacial score (nSPS) is 18.8. The number of carbonyl (C=O) groups excluding carboxylic acids is 2. The highest BCUT2D eigenvalue weighted by molar-refractivity contribution is 5.92. The van der Waals surface area contributed by atoms with Gasteiger partial charge in [-0.2, -0.15) is 0 Å². The van der Waals surface area contributed by atoms with Crippen LogP contribution in [0.3, 0.4) is 0 Å². The van der Waals surface area contributed by atoms with Gasteiger partial charge in [-0.3, -0.25) is 4.79 Å². The van der Waals surface area contributed by atoms with Gasteiger partial charge in [-0.1, -0.05) is 30.3 Å². The van der Waals surface area contributed by atoms with Crippen LogP contribution in [-0.4, -0.2) is 58.6 Å². The molecule has 2 amide bonds. The van der Waals surface area contributed by atoms with Gasteiger partial charge in [-0.25, -0.2) is 4.79 Å². The van der Waals surface area contributed by atoms with Crippen LogP contribution in [0.5, 0.6) is 0 Å². The van der Waals surface area contributed by atoms with Gasteiger partial charge >= 0.3 is 6.09 Å². The van der Waals surface area contributed by atoms with E-state index in [-0.39, 0.29) is 12.0 Å². The number of aromatic amines is 1. The van der Waals surface area contributed by atoms with Crippen LogP contribution in [0, 0.1) is 6.92 Å². The number of piperidine rings is 1. The van der Waals surface area contributed by atoms with Crippen molar-refractivity contribution in [3.63, 3.8) is 0 Å². The number of benzene rings is 1. The van der Waals surface area contributed by atoms with E-state index >= 15 is 0 Å². The zero-order valence-electron chi connectivity index (χ0n) is 15.6. The number of nitrogens with one attached hydrogen (secondary N) is 1. The van der Waals surface area contributed by atoms with Crippen molar-refractivity contribution in [2.75, 3.05) is 26.2 Å². The lowest BCUT2D eigenvalue weighted by Crippen LogP contribution is -2.48. The van der Waals surface area contributed by atoms with Crippen LogP contribution in [0.15, 0.2) is 42.6 Å². The fourth-order valence-corrected chi connectivity index (χ4v) is 3.95. The molecule has 0 bridgehead atoms. The molecule has 4 rings (SSSR count). The number of H-pyrrole nitrogens is 1. The molecule has 2 fully saturated rings. The molecule has 0 saturated carbocycles. The van der Waals surface area contributed by atoms with E-state index < -0.39 is 5.60 Å². The first kappa shape index (κ1) is 17.6. The standard InChI is InChI=1S/C21H25N3O3/c1-16-13-18(22-14-16)19(25)23-11-8-21(9-12-23)15-24(20(26)27-21)10-7-17-5-3-2-4-6-17/h2-6,13-14,22H,7-12,15H2,1H3. The highest BCUT2D eigenvalue weighted by Crippen LogP contribution is 2.33. The Morgan fingerprint density at radius 1 is 1.22 bits per heavy atom. The van der Waals surface area contributed by atoms with Crippen LogP contribution in [0.2, 0.25) is 0 Å². The number of nitrogens with zero attached hydrogens (tertiary/aromatic N) is 2. The zero-order valence-corrected chi connectivity index (χ0v) is 15.6. The van der Waals surface area contributed by atoms with Crippen LogP contribution in [0.25, 0.3) is 0 Å². The number of aromatic nitrogens is 1. The molecule has 142 valence electrons. The molecule has 6 nitrogen and oxygen atoms in total. The van der Waals surface area contributed by atoms with E-state index in [0.717, 1.165) is 12.0 Å². The highest BCUT2D eigenvalue weighted by atomic mass is 16.6. The van der Waals surface area contributed by atoms with Crippen LogP contribution in [-0.2, 0) is 11.2 Å². The first-order chi connectivity index (χ1) is 13.0. The van der Waals surface area contributed by atoms with E-state index in [0.29, 0.717) is 44.7 Å². The minimum atomic E-state index is -0.448. The van der Waals surface area contributed by atoms with Crippen molar-refractivity contribution in [2.24, 2.45) is 0 Å². The third kappa shape index (κ3) is 3.70. The number of rotatable bonds is 4. The van der Waals surface area contributed by atoms with E-state index in [1.807, 2.05) is 42.3 Å². The molecule has 0 unspecified atom stereocenters.